The topological polar surface area (TPSA) is 99.3 Å². The highest BCUT2D eigenvalue weighted by Crippen LogP contribution is 2.29. The number of nitrogens with one attached hydrogen (secondary N) is 1. The second-order valence-corrected chi connectivity index (χ2v) is 6.86. The summed E-state index contributed by atoms with van der Waals surface area (Å²) in [7, 11) is 1.59. The number of rotatable bonds is 7. The minimum atomic E-state index is -0.514. The number of benzene rings is 3. The SMILES string of the molecule is COCCNc1ccc([N+](=O)[O-])c(-n2nc(-c3ccccc3)c3ccccc3c2=O)c1. The fourth-order valence-corrected chi connectivity index (χ4v) is 3.42. The van der Waals surface area contributed by atoms with Crippen LogP contribution in [-0.4, -0.2) is 35.0 Å². The first-order valence-electron chi connectivity index (χ1n) is 9.69. The van der Waals surface area contributed by atoms with Crippen molar-refractivity contribution in [1.82, 2.24) is 9.78 Å². The number of fused-ring (bicyclic) bond motifs is 1. The lowest BCUT2D eigenvalue weighted by Crippen LogP contribution is -2.23. The molecule has 3 aromatic carbocycles. The third kappa shape index (κ3) is 4.01. The third-order valence-corrected chi connectivity index (χ3v) is 4.89. The van der Waals surface area contributed by atoms with Crippen molar-refractivity contribution in [1.29, 1.82) is 0 Å². The van der Waals surface area contributed by atoms with E-state index in [0.29, 0.717) is 35.3 Å². The number of nitrogens with zero attached hydrogens (tertiary/aromatic N) is 3. The van der Waals surface area contributed by atoms with Gasteiger partial charge in [-0.25, -0.2) is 0 Å². The monoisotopic (exact) mass is 416 g/mol. The smallest absolute Gasteiger partial charge is 0.295 e. The Bertz CT molecular complexity index is 1300. The van der Waals surface area contributed by atoms with Crippen molar-refractivity contribution in [2.75, 3.05) is 25.6 Å². The normalized spacial score (nSPS) is 10.9. The minimum absolute atomic E-state index is 0.0975. The summed E-state index contributed by atoms with van der Waals surface area (Å²) in [5.41, 5.74) is 1.47. The van der Waals surface area contributed by atoms with Gasteiger partial charge < -0.3 is 10.1 Å². The largest absolute Gasteiger partial charge is 0.383 e. The first-order valence-corrected chi connectivity index (χ1v) is 9.69. The van der Waals surface area contributed by atoms with Crippen molar-refractivity contribution >= 4 is 22.1 Å². The van der Waals surface area contributed by atoms with Crippen LogP contribution in [0.4, 0.5) is 11.4 Å². The molecule has 0 amide bonds. The molecule has 8 heteroatoms. The molecule has 0 aliphatic rings. The highest BCUT2D eigenvalue weighted by atomic mass is 16.6. The van der Waals surface area contributed by atoms with Crippen LogP contribution in [0.2, 0.25) is 0 Å². The highest BCUT2D eigenvalue weighted by Gasteiger charge is 2.21. The molecule has 0 aliphatic carbocycles. The Hall–Kier alpha value is -4.04. The van der Waals surface area contributed by atoms with Crippen molar-refractivity contribution < 1.29 is 9.66 Å². The second-order valence-electron chi connectivity index (χ2n) is 6.86. The predicted octanol–water partition coefficient (Wildman–Crippen LogP) is 4.02. The molecule has 8 nitrogen and oxygen atoms in total. The number of nitro groups is 1. The summed E-state index contributed by atoms with van der Waals surface area (Å²) in [6.07, 6.45) is 0. The van der Waals surface area contributed by atoms with E-state index in [-0.39, 0.29) is 11.4 Å². The number of anilines is 1. The quantitative estimate of drug-likeness (QED) is 0.278. The van der Waals surface area contributed by atoms with Gasteiger partial charge in [0, 0.05) is 36.4 Å². The maximum Gasteiger partial charge on any atom is 0.295 e. The maximum absolute atomic E-state index is 13.3. The van der Waals surface area contributed by atoms with Crippen LogP contribution >= 0.6 is 0 Å². The highest BCUT2D eigenvalue weighted by molar-refractivity contribution is 5.94. The van der Waals surface area contributed by atoms with E-state index >= 15 is 0 Å². The summed E-state index contributed by atoms with van der Waals surface area (Å²) in [4.78, 5) is 24.5. The van der Waals surface area contributed by atoms with Crippen LogP contribution in [0.3, 0.4) is 0 Å². The number of ether oxygens (including phenoxy) is 1. The Morgan fingerprint density at radius 3 is 2.45 bits per heavy atom. The van der Waals surface area contributed by atoms with Gasteiger partial charge in [0.25, 0.3) is 11.2 Å². The van der Waals surface area contributed by atoms with Crippen LogP contribution in [0.15, 0.2) is 77.6 Å². The van der Waals surface area contributed by atoms with E-state index in [1.165, 1.54) is 6.07 Å². The average molecular weight is 416 g/mol. The molecule has 0 saturated heterocycles. The zero-order chi connectivity index (χ0) is 21.8. The van der Waals surface area contributed by atoms with Gasteiger partial charge in [-0.2, -0.15) is 9.78 Å². The Morgan fingerprint density at radius 1 is 1.03 bits per heavy atom. The van der Waals surface area contributed by atoms with Crippen LogP contribution in [0.25, 0.3) is 27.7 Å². The summed E-state index contributed by atoms with van der Waals surface area (Å²) in [6, 6.07) is 21.1. The summed E-state index contributed by atoms with van der Waals surface area (Å²) in [5, 5.41) is 20.5. The summed E-state index contributed by atoms with van der Waals surface area (Å²) >= 11 is 0. The van der Waals surface area contributed by atoms with E-state index in [1.54, 1.807) is 31.4 Å². The van der Waals surface area contributed by atoms with Crippen molar-refractivity contribution in [3.8, 4) is 16.9 Å². The van der Waals surface area contributed by atoms with Gasteiger partial charge in [-0.05, 0) is 18.2 Å². The molecule has 0 radical (unpaired) electrons. The van der Waals surface area contributed by atoms with Gasteiger partial charge in [0.15, 0.2) is 0 Å². The molecule has 1 aromatic heterocycles. The number of hydrogen-bond donors (Lipinski definition) is 1. The van der Waals surface area contributed by atoms with Gasteiger partial charge in [-0.15, -0.1) is 0 Å². The molecule has 0 unspecified atom stereocenters. The lowest BCUT2D eigenvalue weighted by atomic mass is 10.1. The fourth-order valence-electron chi connectivity index (χ4n) is 3.42. The van der Waals surface area contributed by atoms with Crippen LogP contribution in [0, 0.1) is 10.1 Å². The van der Waals surface area contributed by atoms with Gasteiger partial charge >= 0.3 is 0 Å². The van der Waals surface area contributed by atoms with Crippen LogP contribution in [0.5, 0.6) is 0 Å². The summed E-state index contributed by atoms with van der Waals surface area (Å²) in [5.74, 6) is 0. The summed E-state index contributed by atoms with van der Waals surface area (Å²) < 4.78 is 6.15. The van der Waals surface area contributed by atoms with E-state index in [2.05, 4.69) is 10.4 Å². The molecule has 0 atom stereocenters. The molecule has 31 heavy (non-hydrogen) atoms. The van der Waals surface area contributed by atoms with E-state index in [0.717, 1.165) is 10.2 Å². The number of nitro benzene ring substituents is 1. The van der Waals surface area contributed by atoms with Gasteiger partial charge in [-0.3, -0.25) is 14.9 Å². The van der Waals surface area contributed by atoms with E-state index in [1.807, 2.05) is 42.5 Å². The third-order valence-electron chi connectivity index (χ3n) is 4.89. The van der Waals surface area contributed by atoms with Gasteiger partial charge in [0.1, 0.15) is 5.69 Å². The number of methoxy groups -OCH3 is 1. The molecule has 1 heterocycles. The second kappa shape index (κ2) is 8.76. The molecule has 156 valence electrons. The molecular formula is C23H20N4O4. The molecule has 0 bridgehead atoms. The zero-order valence-corrected chi connectivity index (χ0v) is 16.8. The zero-order valence-electron chi connectivity index (χ0n) is 16.8. The maximum atomic E-state index is 13.3. The fraction of sp³-hybridized carbons (Fsp3) is 0.130. The minimum Gasteiger partial charge on any atom is -0.383 e. The van der Waals surface area contributed by atoms with Crippen molar-refractivity contribution in [3.63, 3.8) is 0 Å². The van der Waals surface area contributed by atoms with Crippen LogP contribution < -0.4 is 10.9 Å². The molecule has 0 fully saturated rings. The van der Waals surface area contributed by atoms with Crippen LogP contribution in [-0.2, 0) is 4.74 Å². The lowest BCUT2D eigenvalue weighted by Gasteiger charge is -2.13. The van der Waals surface area contributed by atoms with Crippen LogP contribution in [0.1, 0.15) is 0 Å². The molecule has 0 spiro atoms. The van der Waals surface area contributed by atoms with E-state index in [4.69, 9.17) is 4.74 Å². The molecular weight excluding hydrogens is 396 g/mol. The van der Waals surface area contributed by atoms with Crippen molar-refractivity contribution in [3.05, 3.63) is 93.3 Å². The Labute approximate surface area is 177 Å². The first-order chi connectivity index (χ1) is 15.1. The molecule has 4 rings (SSSR count). The number of aromatic nitrogens is 2. The number of hydrogen-bond acceptors (Lipinski definition) is 6. The molecule has 4 aromatic rings. The molecule has 0 aliphatic heterocycles. The van der Waals surface area contributed by atoms with Gasteiger partial charge in [-0.1, -0.05) is 48.5 Å². The van der Waals surface area contributed by atoms with E-state index in [9.17, 15) is 14.9 Å². The first kappa shape index (κ1) is 20.2. The van der Waals surface area contributed by atoms with Crippen molar-refractivity contribution in [2.24, 2.45) is 0 Å². The Morgan fingerprint density at radius 2 is 1.74 bits per heavy atom. The Kier molecular flexibility index (Phi) is 5.72. The average Bonchev–Trinajstić information content (AvgIpc) is 2.80. The lowest BCUT2D eigenvalue weighted by molar-refractivity contribution is -0.384. The van der Waals surface area contributed by atoms with Gasteiger partial charge in [0.2, 0.25) is 0 Å². The summed E-state index contributed by atoms with van der Waals surface area (Å²) in [6.45, 7) is 0.988. The molecule has 1 N–H and O–H groups in total. The molecule has 0 saturated carbocycles. The van der Waals surface area contributed by atoms with Crippen molar-refractivity contribution in [2.45, 2.75) is 0 Å². The van der Waals surface area contributed by atoms with Gasteiger partial charge in [0.05, 0.1) is 22.6 Å². The Balaban J connectivity index is 1.98. The van der Waals surface area contributed by atoms with E-state index < -0.39 is 10.5 Å². The standard InChI is InChI=1S/C23H20N4O4/c1-31-14-13-24-17-11-12-20(27(29)30)21(15-17)26-23(28)19-10-6-5-9-18(19)22(25-26)16-7-3-2-4-8-16/h2-12,15,24H,13-14H2,1H3. The predicted molar refractivity (Wildman–Crippen MR) is 120 cm³/mol.